The molecule has 0 aliphatic carbocycles. The molecule has 0 bridgehead atoms. The minimum Gasteiger partial charge on any atom is -0.383 e. The second-order valence-corrected chi connectivity index (χ2v) is 4.66. The van der Waals surface area contributed by atoms with Gasteiger partial charge in [-0.2, -0.15) is 0 Å². The standard InChI is InChI=1S/C13H21N3O3/c1-9(2)12(8-19-4)15-11-7-5-6-10(14-3)13(11)16(17)18/h5-7,9,12,14-15H,8H2,1-4H3. The second kappa shape index (κ2) is 6.94. The highest BCUT2D eigenvalue weighted by Crippen LogP contribution is 2.33. The highest BCUT2D eigenvalue weighted by molar-refractivity contribution is 5.76. The average Bonchev–Trinajstić information content (AvgIpc) is 2.37. The highest BCUT2D eigenvalue weighted by atomic mass is 16.6. The number of benzene rings is 1. The lowest BCUT2D eigenvalue weighted by Crippen LogP contribution is -2.30. The van der Waals surface area contributed by atoms with E-state index < -0.39 is 0 Å². The van der Waals surface area contributed by atoms with E-state index in [9.17, 15) is 10.1 Å². The summed E-state index contributed by atoms with van der Waals surface area (Å²) >= 11 is 0. The number of rotatable bonds is 7. The SMILES string of the molecule is CNc1cccc(NC(COC)C(C)C)c1[N+](=O)[O-]. The van der Waals surface area contributed by atoms with E-state index >= 15 is 0 Å². The van der Waals surface area contributed by atoms with Gasteiger partial charge in [0.15, 0.2) is 0 Å². The maximum atomic E-state index is 11.2. The fraction of sp³-hybridized carbons (Fsp3) is 0.538. The zero-order valence-corrected chi connectivity index (χ0v) is 11.8. The first-order valence-electron chi connectivity index (χ1n) is 6.21. The van der Waals surface area contributed by atoms with Crippen LogP contribution in [0, 0.1) is 16.0 Å². The van der Waals surface area contributed by atoms with E-state index in [4.69, 9.17) is 4.74 Å². The molecule has 19 heavy (non-hydrogen) atoms. The Kier molecular flexibility index (Phi) is 5.57. The van der Waals surface area contributed by atoms with Gasteiger partial charge >= 0.3 is 5.69 Å². The van der Waals surface area contributed by atoms with Crippen molar-refractivity contribution < 1.29 is 9.66 Å². The molecule has 6 heteroatoms. The van der Waals surface area contributed by atoms with Crippen molar-refractivity contribution in [1.29, 1.82) is 0 Å². The molecule has 0 fully saturated rings. The van der Waals surface area contributed by atoms with Crippen LogP contribution >= 0.6 is 0 Å². The van der Waals surface area contributed by atoms with Crippen LogP contribution in [0.1, 0.15) is 13.8 Å². The number of anilines is 2. The summed E-state index contributed by atoms with van der Waals surface area (Å²) in [7, 11) is 3.29. The molecule has 0 radical (unpaired) electrons. The van der Waals surface area contributed by atoms with Crippen molar-refractivity contribution in [2.75, 3.05) is 31.4 Å². The lowest BCUT2D eigenvalue weighted by atomic mass is 10.0. The van der Waals surface area contributed by atoms with Crippen LogP contribution in [0.2, 0.25) is 0 Å². The Morgan fingerprint density at radius 1 is 1.37 bits per heavy atom. The van der Waals surface area contributed by atoms with Crippen LogP contribution in [0.4, 0.5) is 17.1 Å². The smallest absolute Gasteiger partial charge is 0.315 e. The lowest BCUT2D eigenvalue weighted by Gasteiger charge is -2.23. The topological polar surface area (TPSA) is 76.4 Å². The summed E-state index contributed by atoms with van der Waals surface area (Å²) in [4.78, 5) is 10.8. The van der Waals surface area contributed by atoms with E-state index in [1.54, 1.807) is 32.4 Å². The molecule has 0 aromatic heterocycles. The normalized spacial score (nSPS) is 12.3. The summed E-state index contributed by atoms with van der Waals surface area (Å²) in [5, 5.41) is 17.2. The molecule has 0 saturated heterocycles. The number of hydrogen-bond donors (Lipinski definition) is 2. The number of nitro groups is 1. The Morgan fingerprint density at radius 2 is 2.00 bits per heavy atom. The third kappa shape index (κ3) is 3.82. The molecule has 0 saturated carbocycles. The quantitative estimate of drug-likeness (QED) is 0.586. The molecule has 0 aliphatic rings. The first-order valence-corrected chi connectivity index (χ1v) is 6.21. The largest absolute Gasteiger partial charge is 0.383 e. The predicted molar refractivity (Wildman–Crippen MR) is 76.8 cm³/mol. The van der Waals surface area contributed by atoms with Crippen LogP contribution in [0.3, 0.4) is 0 Å². The van der Waals surface area contributed by atoms with Crippen molar-refractivity contribution in [2.45, 2.75) is 19.9 Å². The predicted octanol–water partition coefficient (Wildman–Crippen LogP) is 2.72. The number of nitrogens with one attached hydrogen (secondary N) is 2. The maximum Gasteiger partial charge on any atom is 0.315 e. The fourth-order valence-corrected chi connectivity index (χ4v) is 1.84. The maximum absolute atomic E-state index is 11.2. The van der Waals surface area contributed by atoms with Gasteiger partial charge in [-0.3, -0.25) is 10.1 Å². The molecule has 0 amide bonds. The van der Waals surface area contributed by atoms with Crippen LogP contribution in [0.15, 0.2) is 18.2 Å². The molecule has 1 unspecified atom stereocenters. The number of hydrogen-bond acceptors (Lipinski definition) is 5. The van der Waals surface area contributed by atoms with Gasteiger partial charge in [-0.25, -0.2) is 0 Å². The molecular formula is C13H21N3O3. The van der Waals surface area contributed by atoms with E-state index in [1.807, 2.05) is 13.8 Å². The zero-order chi connectivity index (χ0) is 14.4. The van der Waals surface area contributed by atoms with Gasteiger partial charge in [0.25, 0.3) is 0 Å². The molecule has 0 heterocycles. The highest BCUT2D eigenvalue weighted by Gasteiger charge is 2.22. The molecule has 1 aromatic carbocycles. The molecular weight excluding hydrogens is 246 g/mol. The lowest BCUT2D eigenvalue weighted by molar-refractivity contribution is -0.383. The first kappa shape index (κ1) is 15.2. The Balaban J connectivity index is 3.08. The van der Waals surface area contributed by atoms with Crippen molar-refractivity contribution in [1.82, 2.24) is 0 Å². The summed E-state index contributed by atoms with van der Waals surface area (Å²) < 4.78 is 5.15. The van der Waals surface area contributed by atoms with Gasteiger partial charge in [-0.1, -0.05) is 19.9 Å². The van der Waals surface area contributed by atoms with Crippen molar-refractivity contribution >= 4 is 17.1 Å². The van der Waals surface area contributed by atoms with Gasteiger partial charge in [0, 0.05) is 14.2 Å². The van der Waals surface area contributed by atoms with Crippen molar-refractivity contribution in [3.05, 3.63) is 28.3 Å². The number of ether oxygens (including phenoxy) is 1. The Morgan fingerprint density at radius 3 is 2.47 bits per heavy atom. The van der Waals surface area contributed by atoms with Crippen LogP contribution in [0.5, 0.6) is 0 Å². The Labute approximate surface area is 113 Å². The molecule has 1 aromatic rings. The van der Waals surface area contributed by atoms with E-state index in [2.05, 4.69) is 10.6 Å². The molecule has 0 spiro atoms. The van der Waals surface area contributed by atoms with Gasteiger partial charge in [-0.15, -0.1) is 0 Å². The van der Waals surface area contributed by atoms with Crippen LogP contribution in [-0.4, -0.2) is 31.7 Å². The number of para-hydroxylation sites is 1. The van der Waals surface area contributed by atoms with Crippen molar-refractivity contribution in [3.8, 4) is 0 Å². The summed E-state index contributed by atoms with van der Waals surface area (Å²) in [5.41, 5.74) is 1.06. The van der Waals surface area contributed by atoms with Crippen molar-refractivity contribution in [3.63, 3.8) is 0 Å². The number of nitrogens with zero attached hydrogens (tertiary/aromatic N) is 1. The number of methoxy groups -OCH3 is 1. The van der Waals surface area contributed by atoms with Gasteiger partial charge in [0.2, 0.25) is 0 Å². The third-order valence-corrected chi connectivity index (χ3v) is 2.98. The van der Waals surface area contributed by atoms with Gasteiger partial charge in [0.05, 0.1) is 17.6 Å². The molecule has 106 valence electrons. The summed E-state index contributed by atoms with van der Waals surface area (Å²) in [6.45, 7) is 4.59. The zero-order valence-electron chi connectivity index (χ0n) is 11.8. The van der Waals surface area contributed by atoms with Crippen LogP contribution < -0.4 is 10.6 Å². The van der Waals surface area contributed by atoms with Gasteiger partial charge < -0.3 is 15.4 Å². The Hall–Kier alpha value is -1.82. The second-order valence-electron chi connectivity index (χ2n) is 4.66. The van der Waals surface area contributed by atoms with Crippen LogP contribution in [0.25, 0.3) is 0 Å². The minimum absolute atomic E-state index is 0.0239. The first-order chi connectivity index (χ1) is 9.01. The molecule has 0 aliphatic heterocycles. The number of nitro benzene ring substituents is 1. The third-order valence-electron chi connectivity index (χ3n) is 2.98. The Bertz CT molecular complexity index is 435. The average molecular weight is 267 g/mol. The summed E-state index contributed by atoms with van der Waals surface area (Å²) in [5.74, 6) is 0.304. The van der Waals surface area contributed by atoms with Crippen molar-refractivity contribution in [2.24, 2.45) is 5.92 Å². The summed E-state index contributed by atoms with van der Waals surface area (Å²) in [6.07, 6.45) is 0. The van der Waals surface area contributed by atoms with E-state index in [0.717, 1.165) is 0 Å². The monoisotopic (exact) mass is 267 g/mol. The van der Waals surface area contributed by atoms with E-state index in [1.165, 1.54) is 0 Å². The van der Waals surface area contributed by atoms with E-state index in [0.29, 0.717) is 23.9 Å². The summed E-state index contributed by atoms with van der Waals surface area (Å²) in [6, 6.07) is 5.20. The van der Waals surface area contributed by atoms with Gasteiger partial charge in [0.1, 0.15) is 11.4 Å². The van der Waals surface area contributed by atoms with Gasteiger partial charge in [-0.05, 0) is 18.1 Å². The fourth-order valence-electron chi connectivity index (χ4n) is 1.84. The minimum atomic E-state index is -0.377. The molecule has 1 atom stereocenters. The van der Waals surface area contributed by atoms with E-state index in [-0.39, 0.29) is 16.7 Å². The molecule has 1 rings (SSSR count). The molecule has 6 nitrogen and oxygen atoms in total. The molecule has 2 N–H and O–H groups in total. The van der Waals surface area contributed by atoms with Crippen LogP contribution in [-0.2, 0) is 4.74 Å².